The fraction of sp³-hybridized carbons (Fsp3) is 0.381. The number of hydrazone groups is 1. The van der Waals surface area contributed by atoms with Gasteiger partial charge in [-0.05, 0) is 49.8 Å². The molecule has 1 saturated heterocycles. The molecular formula is C21H25N5OS. The van der Waals surface area contributed by atoms with Crippen LogP contribution in [0.4, 0.5) is 5.69 Å². The average molecular weight is 396 g/mol. The number of piperazine rings is 1. The summed E-state index contributed by atoms with van der Waals surface area (Å²) in [7, 11) is 0. The Labute approximate surface area is 171 Å². The Hall–Kier alpha value is -2.67. The van der Waals surface area contributed by atoms with Crippen molar-refractivity contribution in [2.75, 3.05) is 31.1 Å². The predicted molar refractivity (Wildman–Crippen MR) is 116 cm³/mol. The molecule has 1 unspecified atom stereocenters. The van der Waals surface area contributed by atoms with Crippen LogP contribution in [0.3, 0.4) is 0 Å². The quantitative estimate of drug-likeness (QED) is 0.623. The maximum Gasteiger partial charge on any atom is 0.189 e. The number of nitrogens with zero attached hydrogens (tertiary/aromatic N) is 4. The van der Waals surface area contributed by atoms with Crippen LogP contribution in [-0.2, 0) is 0 Å². The van der Waals surface area contributed by atoms with Crippen LogP contribution in [0.5, 0.6) is 5.75 Å². The van der Waals surface area contributed by atoms with Gasteiger partial charge in [0, 0.05) is 44.0 Å². The first kappa shape index (κ1) is 18.7. The van der Waals surface area contributed by atoms with Crippen molar-refractivity contribution in [3.05, 3.63) is 53.9 Å². The van der Waals surface area contributed by atoms with E-state index in [0.717, 1.165) is 48.8 Å². The Morgan fingerprint density at radius 1 is 1.29 bits per heavy atom. The van der Waals surface area contributed by atoms with E-state index in [-0.39, 0.29) is 0 Å². The van der Waals surface area contributed by atoms with Crippen LogP contribution in [0.15, 0.2) is 47.7 Å². The molecule has 2 aliphatic rings. The van der Waals surface area contributed by atoms with E-state index in [1.54, 1.807) is 0 Å². The minimum Gasteiger partial charge on any atom is -0.491 e. The number of rotatable bonds is 2. The van der Waals surface area contributed by atoms with Crippen LogP contribution in [0, 0.1) is 6.92 Å². The number of para-hydroxylation sites is 1. The van der Waals surface area contributed by atoms with Gasteiger partial charge in [-0.3, -0.25) is 10.4 Å². The van der Waals surface area contributed by atoms with Crippen LogP contribution >= 0.6 is 12.2 Å². The van der Waals surface area contributed by atoms with Crippen molar-refractivity contribution in [3.63, 3.8) is 0 Å². The van der Waals surface area contributed by atoms with Gasteiger partial charge in [0.15, 0.2) is 5.11 Å². The minimum atomic E-state index is 0.303. The Morgan fingerprint density at radius 3 is 2.89 bits per heavy atom. The molecule has 1 aromatic carbocycles. The molecule has 146 valence electrons. The first-order valence-corrected chi connectivity index (χ1v) is 10.1. The van der Waals surface area contributed by atoms with Crippen molar-refractivity contribution in [1.82, 2.24) is 15.3 Å². The van der Waals surface area contributed by atoms with E-state index in [1.165, 1.54) is 5.69 Å². The summed E-state index contributed by atoms with van der Waals surface area (Å²) in [5, 5.41) is 5.23. The van der Waals surface area contributed by atoms with Gasteiger partial charge in [-0.1, -0.05) is 18.2 Å². The molecule has 0 radical (unpaired) electrons. The fourth-order valence-electron chi connectivity index (χ4n) is 3.67. The van der Waals surface area contributed by atoms with Crippen molar-refractivity contribution in [2.24, 2.45) is 5.10 Å². The number of hydrogen-bond acceptors (Lipinski definition) is 5. The van der Waals surface area contributed by atoms with Gasteiger partial charge in [-0.15, -0.1) is 0 Å². The van der Waals surface area contributed by atoms with Crippen LogP contribution in [-0.4, -0.2) is 53.0 Å². The number of fused-ring (bicyclic) bond motifs is 1. The second-order valence-corrected chi connectivity index (χ2v) is 7.64. The highest BCUT2D eigenvalue weighted by Crippen LogP contribution is 2.24. The molecule has 0 saturated carbocycles. The maximum atomic E-state index is 5.71. The zero-order valence-corrected chi connectivity index (χ0v) is 17.1. The van der Waals surface area contributed by atoms with Crippen molar-refractivity contribution >= 4 is 28.7 Å². The number of nitrogens with one attached hydrogen (secondary N) is 1. The number of aryl methyl sites for hydroxylation is 1. The summed E-state index contributed by atoms with van der Waals surface area (Å²) in [4.78, 5) is 9.10. The first-order chi connectivity index (χ1) is 13.6. The van der Waals surface area contributed by atoms with Crippen molar-refractivity contribution < 1.29 is 4.74 Å². The zero-order valence-electron chi connectivity index (χ0n) is 16.3. The minimum absolute atomic E-state index is 0.303. The predicted octanol–water partition coefficient (Wildman–Crippen LogP) is 2.96. The number of thiocarbonyl (C=S) groups is 1. The molecule has 1 aromatic heterocycles. The van der Waals surface area contributed by atoms with Gasteiger partial charge in [-0.2, -0.15) is 5.10 Å². The molecule has 2 aromatic rings. The number of hydrogen-bond donors (Lipinski definition) is 1. The first-order valence-electron chi connectivity index (χ1n) is 9.65. The summed E-state index contributed by atoms with van der Waals surface area (Å²) in [6.45, 7) is 7.54. The van der Waals surface area contributed by atoms with Crippen molar-refractivity contribution in [3.8, 4) is 5.75 Å². The number of ether oxygens (including phenoxy) is 1. The lowest BCUT2D eigenvalue weighted by Gasteiger charge is -2.41. The second kappa shape index (κ2) is 8.14. The monoisotopic (exact) mass is 395 g/mol. The lowest BCUT2D eigenvalue weighted by molar-refractivity contribution is 0.294. The fourth-order valence-corrected chi connectivity index (χ4v) is 3.98. The van der Waals surface area contributed by atoms with E-state index in [1.807, 2.05) is 25.3 Å². The van der Waals surface area contributed by atoms with Gasteiger partial charge >= 0.3 is 0 Å². The second-order valence-electron chi connectivity index (χ2n) is 7.26. The molecular weight excluding hydrogens is 370 g/mol. The Morgan fingerprint density at radius 2 is 2.11 bits per heavy atom. The van der Waals surface area contributed by atoms with Gasteiger partial charge < -0.3 is 14.5 Å². The average Bonchev–Trinajstić information content (AvgIpc) is 2.72. The summed E-state index contributed by atoms with van der Waals surface area (Å²) in [5.74, 6) is 0.794. The smallest absolute Gasteiger partial charge is 0.189 e. The van der Waals surface area contributed by atoms with Gasteiger partial charge in [0.1, 0.15) is 11.4 Å². The van der Waals surface area contributed by atoms with Gasteiger partial charge in [0.05, 0.1) is 12.3 Å². The third-order valence-electron chi connectivity index (χ3n) is 5.16. The molecule has 7 heteroatoms. The van der Waals surface area contributed by atoms with Crippen LogP contribution in [0.2, 0.25) is 0 Å². The summed E-state index contributed by atoms with van der Waals surface area (Å²) in [6, 6.07) is 12.8. The number of pyridine rings is 1. The molecule has 28 heavy (non-hydrogen) atoms. The van der Waals surface area contributed by atoms with Gasteiger partial charge in [-0.25, -0.2) is 0 Å². The van der Waals surface area contributed by atoms with E-state index in [0.29, 0.717) is 17.8 Å². The SMILES string of the molecule is Cc1cnc2c(c1)OCC/C2=N/NC(=S)N1CCN(c2ccccc2)CC1C. The Balaban J connectivity index is 1.41. The molecule has 1 atom stereocenters. The van der Waals surface area contributed by atoms with Gasteiger partial charge in [0.25, 0.3) is 0 Å². The molecule has 3 heterocycles. The summed E-state index contributed by atoms with van der Waals surface area (Å²) >= 11 is 5.63. The standard InChI is InChI=1S/C21H25N5OS/c1-15-12-19-20(22-13-15)18(8-11-27-19)23-24-21(28)26-10-9-25(14-16(26)2)17-6-4-3-5-7-17/h3-7,12-13,16H,8-11,14H2,1-2H3,(H,24,28)/b23-18-. The lowest BCUT2D eigenvalue weighted by atomic mass is 10.1. The maximum absolute atomic E-state index is 5.71. The van der Waals surface area contributed by atoms with E-state index < -0.39 is 0 Å². The Bertz CT molecular complexity index is 886. The molecule has 6 nitrogen and oxygen atoms in total. The van der Waals surface area contributed by atoms with Crippen molar-refractivity contribution in [2.45, 2.75) is 26.3 Å². The van der Waals surface area contributed by atoms with E-state index in [9.17, 15) is 0 Å². The molecule has 1 fully saturated rings. The molecule has 1 N–H and O–H groups in total. The third kappa shape index (κ3) is 3.94. The van der Waals surface area contributed by atoms with Crippen LogP contribution in [0.1, 0.15) is 24.6 Å². The number of benzene rings is 1. The van der Waals surface area contributed by atoms with E-state index in [4.69, 9.17) is 17.0 Å². The highest BCUT2D eigenvalue weighted by molar-refractivity contribution is 7.80. The van der Waals surface area contributed by atoms with E-state index >= 15 is 0 Å². The molecule has 0 aliphatic carbocycles. The lowest BCUT2D eigenvalue weighted by Crippen LogP contribution is -2.56. The Kier molecular flexibility index (Phi) is 5.43. The number of anilines is 1. The molecule has 4 rings (SSSR count). The topological polar surface area (TPSA) is 53.0 Å². The molecule has 0 amide bonds. The molecule has 2 aliphatic heterocycles. The highest BCUT2D eigenvalue weighted by atomic mass is 32.1. The largest absolute Gasteiger partial charge is 0.491 e. The molecule has 0 spiro atoms. The van der Waals surface area contributed by atoms with Gasteiger partial charge in [0.2, 0.25) is 0 Å². The summed E-state index contributed by atoms with van der Waals surface area (Å²) in [5.41, 5.74) is 7.12. The summed E-state index contributed by atoms with van der Waals surface area (Å²) < 4.78 is 5.71. The normalized spacial score (nSPS) is 20.5. The number of aromatic nitrogens is 1. The third-order valence-corrected chi connectivity index (χ3v) is 5.48. The summed E-state index contributed by atoms with van der Waals surface area (Å²) in [6.07, 6.45) is 2.56. The molecule has 0 bridgehead atoms. The van der Waals surface area contributed by atoms with E-state index in [2.05, 4.69) is 56.5 Å². The van der Waals surface area contributed by atoms with Crippen LogP contribution < -0.4 is 15.1 Å². The highest BCUT2D eigenvalue weighted by Gasteiger charge is 2.26. The van der Waals surface area contributed by atoms with Crippen molar-refractivity contribution in [1.29, 1.82) is 0 Å². The zero-order chi connectivity index (χ0) is 19.5. The van der Waals surface area contributed by atoms with Crippen LogP contribution in [0.25, 0.3) is 0 Å².